The molecule has 42 heavy (non-hydrogen) atoms. The van der Waals surface area contributed by atoms with Crippen molar-refractivity contribution in [3.8, 4) is 0 Å². The molecule has 1 saturated heterocycles. The van der Waals surface area contributed by atoms with Crippen LogP contribution >= 0.6 is 0 Å². The minimum atomic E-state index is -1.13. The van der Waals surface area contributed by atoms with Gasteiger partial charge in [-0.05, 0) is 99.7 Å². The molecule has 241 valence electrons. The molecule has 4 rings (SSSR count). The van der Waals surface area contributed by atoms with Gasteiger partial charge in [-0.2, -0.15) is 0 Å². The number of carbonyl (C=O) groups excluding carboxylic acids is 1. The molecule has 3 N–H and O–H groups in total. The van der Waals surface area contributed by atoms with Crippen molar-refractivity contribution in [3.05, 3.63) is 53.0 Å². The van der Waals surface area contributed by atoms with Crippen molar-refractivity contribution in [3.63, 3.8) is 0 Å². The smallest absolute Gasteiger partial charge is 0.181 e. The van der Waals surface area contributed by atoms with Gasteiger partial charge < -0.3 is 24.8 Å². The number of hydrogen-bond donors (Lipinski definition) is 3. The van der Waals surface area contributed by atoms with Gasteiger partial charge in [0, 0.05) is 55.1 Å². The summed E-state index contributed by atoms with van der Waals surface area (Å²) in [5.41, 5.74) is 3.88. The van der Waals surface area contributed by atoms with Crippen molar-refractivity contribution >= 4 is 5.78 Å². The second-order valence-electron chi connectivity index (χ2n) is 14.5. The monoisotopic (exact) mass is 734 g/mol. The molecule has 3 saturated carbocycles. The molecule has 4 aliphatic rings. The molecular formula is C35H53HoO6-. The molecule has 9 atom stereocenters. The Morgan fingerprint density at radius 1 is 1.07 bits per heavy atom. The molecule has 0 spiro atoms. The number of hydrogen-bond acceptors (Lipinski definition) is 6. The number of fused-ring (bicyclic) bond motifs is 3. The van der Waals surface area contributed by atoms with Gasteiger partial charge in [-0.25, -0.2) is 0 Å². The van der Waals surface area contributed by atoms with Crippen LogP contribution in [0, 0.1) is 72.2 Å². The number of aliphatic hydroxyl groups is 3. The molecule has 1 unspecified atom stereocenters. The van der Waals surface area contributed by atoms with Gasteiger partial charge in [-0.1, -0.05) is 64.2 Å². The Kier molecular flexibility index (Phi) is 12.0. The molecule has 4 fully saturated rings. The zero-order chi connectivity index (χ0) is 30.3. The molecule has 1 heterocycles. The van der Waals surface area contributed by atoms with Gasteiger partial charge in [0.15, 0.2) is 12.1 Å². The first kappa shape index (κ1) is 36.2. The normalized spacial score (nSPS) is 40.2. The number of rotatable bonds is 7. The average molecular weight is 735 g/mol. The van der Waals surface area contributed by atoms with Gasteiger partial charge in [0.25, 0.3) is 0 Å². The van der Waals surface area contributed by atoms with Crippen molar-refractivity contribution in [1.29, 1.82) is 0 Å². The van der Waals surface area contributed by atoms with Crippen LogP contribution in [0.15, 0.2) is 46.6 Å². The topological polar surface area (TPSA) is 96.2 Å². The molecule has 0 aromatic carbocycles. The van der Waals surface area contributed by atoms with Gasteiger partial charge in [0.05, 0.1) is 12.2 Å². The van der Waals surface area contributed by atoms with Crippen molar-refractivity contribution < 1.29 is 67.3 Å². The third kappa shape index (κ3) is 6.92. The molecule has 3 aliphatic carbocycles. The van der Waals surface area contributed by atoms with Crippen molar-refractivity contribution in [1.82, 2.24) is 0 Å². The number of aliphatic hydroxyl groups excluding tert-OH is 3. The summed E-state index contributed by atoms with van der Waals surface area (Å²) in [6.45, 7) is 17.5. The average Bonchev–Trinajstić information content (AvgIpc) is 3.17. The Morgan fingerprint density at radius 2 is 1.76 bits per heavy atom. The summed E-state index contributed by atoms with van der Waals surface area (Å²) < 4.78 is 11.7. The van der Waals surface area contributed by atoms with Gasteiger partial charge in [-0.3, -0.25) is 11.2 Å². The van der Waals surface area contributed by atoms with E-state index in [0.29, 0.717) is 24.7 Å². The van der Waals surface area contributed by atoms with Crippen molar-refractivity contribution in [2.24, 2.45) is 28.1 Å². The minimum absolute atomic E-state index is 0. The molecule has 1 radical (unpaired) electrons. The minimum Gasteiger partial charge on any atom is -0.422 e. The summed E-state index contributed by atoms with van der Waals surface area (Å²) in [6, 6.07) is 0. The van der Waals surface area contributed by atoms with E-state index in [9.17, 15) is 20.1 Å². The van der Waals surface area contributed by atoms with Crippen molar-refractivity contribution in [2.45, 2.75) is 125 Å². The number of ketones is 1. The Morgan fingerprint density at radius 3 is 2.43 bits per heavy atom. The third-order valence-electron chi connectivity index (χ3n) is 11.1. The van der Waals surface area contributed by atoms with E-state index in [2.05, 4.69) is 46.8 Å². The van der Waals surface area contributed by atoms with Crippen LogP contribution in [0.3, 0.4) is 0 Å². The largest absolute Gasteiger partial charge is 0.422 e. The quantitative estimate of drug-likeness (QED) is 0.0975. The number of ether oxygens (including phenoxy) is 2. The zero-order valence-electron chi connectivity index (χ0n) is 26.7. The SMILES string of the molecule is CC(C)=CCC(O[C@@H]1OC[CH-][C@H](O)[C@@H]1O)/C(C)=C/C=C/C(C)=C1\C(=O)C[C@H]2[C@@]3(C)CC[C@@H](O)C(C)(C)[C@@H]3CC[C@]12C.[Ho]. The Balaban J connectivity index is 0.00000484. The first-order chi connectivity index (χ1) is 19.1. The number of Topliss-reactive ketones (excluding diaryl/α,β-unsaturated/α-hetero) is 1. The van der Waals surface area contributed by atoms with E-state index in [1.807, 2.05) is 32.9 Å². The third-order valence-corrected chi connectivity index (χ3v) is 11.1. The summed E-state index contributed by atoms with van der Waals surface area (Å²) in [5.74, 6) is 0.976. The first-order valence-corrected chi connectivity index (χ1v) is 15.5. The van der Waals surface area contributed by atoms with E-state index in [4.69, 9.17) is 9.47 Å². The van der Waals surface area contributed by atoms with Gasteiger partial charge in [-0.15, -0.1) is 0 Å². The standard InChI is InChI=1S/C35H53O6.Ho/c1-21(2)12-13-26(41-32-31(39)24(36)16-19-40-32)22(3)10-9-11-23(4)30-25(37)20-28-34(7)18-15-29(38)33(5,6)27(34)14-17-35(28,30)8;/h9-12,16,24,26-29,31-32,36,38-39H,13-15,17-20H2,1-8H3;/q-1;/b11-9+,22-10+,30-23+;/t24-,26?,27-,28-,29+,31-,32-,34-,35-;/m0./s1. The molecule has 7 heteroatoms. The van der Waals surface area contributed by atoms with E-state index in [0.717, 1.165) is 42.4 Å². The van der Waals surface area contributed by atoms with E-state index >= 15 is 0 Å². The predicted octanol–water partition coefficient (Wildman–Crippen LogP) is 6.02. The summed E-state index contributed by atoms with van der Waals surface area (Å²) in [5, 5.41) is 31.2. The van der Waals surface area contributed by atoms with Crippen molar-refractivity contribution in [2.75, 3.05) is 6.61 Å². The zero-order valence-corrected chi connectivity index (χ0v) is 28.7. The summed E-state index contributed by atoms with van der Waals surface area (Å²) >= 11 is 0. The molecule has 1 aliphatic heterocycles. The molecule has 6 nitrogen and oxygen atoms in total. The van der Waals surface area contributed by atoms with Crippen LogP contribution < -0.4 is 0 Å². The second-order valence-corrected chi connectivity index (χ2v) is 14.5. The maximum atomic E-state index is 13.6. The van der Waals surface area contributed by atoms with E-state index in [1.54, 1.807) is 0 Å². The van der Waals surface area contributed by atoms with Gasteiger partial charge >= 0.3 is 0 Å². The van der Waals surface area contributed by atoms with Gasteiger partial charge in [0.2, 0.25) is 0 Å². The maximum absolute atomic E-state index is 13.6. The molecule has 0 amide bonds. The van der Waals surface area contributed by atoms with Crippen LogP contribution in [0.5, 0.6) is 0 Å². The summed E-state index contributed by atoms with van der Waals surface area (Å²) in [4.78, 5) is 13.6. The molecular weight excluding hydrogens is 681 g/mol. The molecule has 0 aromatic heterocycles. The van der Waals surface area contributed by atoms with E-state index in [-0.39, 0.29) is 78.6 Å². The van der Waals surface area contributed by atoms with Crippen LogP contribution in [0.1, 0.15) is 93.9 Å². The molecule has 0 bridgehead atoms. The predicted molar refractivity (Wildman–Crippen MR) is 162 cm³/mol. The van der Waals surface area contributed by atoms with E-state index < -0.39 is 18.5 Å². The second kappa shape index (κ2) is 14.0. The molecule has 0 aromatic rings. The Hall–Kier alpha value is -0.310. The fourth-order valence-electron chi connectivity index (χ4n) is 8.73. The maximum Gasteiger partial charge on any atom is 0.181 e. The van der Waals surface area contributed by atoms with Crippen LogP contribution in [-0.4, -0.2) is 58.4 Å². The fourth-order valence-corrected chi connectivity index (χ4v) is 8.73. The first-order valence-electron chi connectivity index (χ1n) is 15.5. The van der Waals surface area contributed by atoms with E-state index in [1.165, 1.54) is 12.0 Å². The fraction of sp³-hybridized carbons (Fsp3) is 0.714. The summed E-state index contributed by atoms with van der Waals surface area (Å²) in [6.07, 6.45) is 11.0. The van der Waals surface area contributed by atoms with Gasteiger partial charge in [0.1, 0.15) is 6.10 Å². The Bertz CT molecular complexity index is 1120. The number of allylic oxidation sites excluding steroid dienone is 6. The van der Waals surface area contributed by atoms with Crippen LogP contribution in [0.4, 0.5) is 0 Å². The van der Waals surface area contributed by atoms with Crippen LogP contribution in [-0.2, 0) is 14.3 Å². The van der Waals surface area contributed by atoms with Crippen LogP contribution in [0.2, 0.25) is 0 Å². The number of carbonyl (C=O) groups is 1. The summed E-state index contributed by atoms with van der Waals surface area (Å²) in [7, 11) is 0. The van der Waals surface area contributed by atoms with Crippen LogP contribution in [0.25, 0.3) is 0 Å². The Labute approximate surface area is 283 Å².